The normalized spacial score (nSPS) is 19.4. The molecule has 168 valence electrons. The van der Waals surface area contributed by atoms with Gasteiger partial charge in [-0.15, -0.1) is 0 Å². The van der Waals surface area contributed by atoms with E-state index < -0.39 is 0 Å². The lowest BCUT2D eigenvalue weighted by Gasteiger charge is -2.29. The van der Waals surface area contributed by atoms with Crippen molar-refractivity contribution >= 4 is 23.1 Å². The van der Waals surface area contributed by atoms with E-state index in [1.165, 1.54) is 11.1 Å². The van der Waals surface area contributed by atoms with Crippen LogP contribution in [0.5, 0.6) is 0 Å². The van der Waals surface area contributed by atoms with E-state index in [0.717, 1.165) is 82.4 Å². The van der Waals surface area contributed by atoms with Crippen molar-refractivity contribution in [2.24, 2.45) is 0 Å². The molecule has 0 radical (unpaired) electrons. The van der Waals surface area contributed by atoms with Gasteiger partial charge in [0.25, 0.3) is 0 Å². The molecule has 0 bridgehead atoms. The first-order chi connectivity index (χ1) is 15.7. The van der Waals surface area contributed by atoms with Gasteiger partial charge in [0.2, 0.25) is 0 Å². The standard InChI is InChI=1S/C25H31N5O2/c31-25(26-21-7-8-21)27-22-4-1-3-19(17-22)18-29-11-9-20(10-12-29)23-5-2-6-24(28-23)30-13-15-32-16-14-30/h1-6,9,17,21H,7-8,10-16,18H2,(H2,26,27,31). The summed E-state index contributed by atoms with van der Waals surface area (Å²) in [6.07, 6.45) is 5.47. The van der Waals surface area contributed by atoms with Gasteiger partial charge in [-0.3, -0.25) is 4.90 Å². The molecule has 1 aromatic carbocycles. The van der Waals surface area contributed by atoms with E-state index in [0.29, 0.717) is 6.04 Å². The molecule has 2 N–H and O–H groups in total. The number of ether oxygens (including phenoxy) is 1. The summed E-state index contributed by atoms with van der Waals surface area (Å²) in [5.41, 5.74) is 4.46. The number of carbonyl (C=O) groups excluding carboxylic acids is 1. The second-order valence-electron chi connectivity index (χ2n) is 8.77. The van der Waals surface area contributed by atoms with Crippen molar-refractivity contribution < 1.29 is 9.53 Å². The summed E-state index contributed by atoms with van der Waals surface area (Å²) < 4.78 is 5.46. The molecule has 0 spiro atoms. The highest BCUT2D eigenvalue weighted by Gasteiger charge is 2.23. The van der Waals surface area contributed by atoms with E-state index in [1.54, 1.807) is 0 Å². The van der Waals surface area contributed by atoms with Crippen molar-refractivity contribution in [3.8, 4) is 0 Å². The Labute approximate surface area is 189 Å². The second-order valence-corrected chi connectivity index (χ2v) is 8.77. The maximum atomic E-state index is 12.0. The van der Waals surface area contributed by atoms with Gasteiger partial charge in [-0.05, 0) is 54.7 Å². The summed E-state index contributed by atoms with van der Waals surface area (Å²) in [7, 11) is 0. The minimum Gasteiger partial charge on any atom is -0.378 e. The summed E-state index contributed by atoms with van der Waals surface area (Å²) in [6.45, 7) is 6.11. The van der Waals surface area contributed by atoms with Gasteiger partial charge in [0, 0.05) is 44.5 Å². The molecule has 1 saturated carbocycles. The van der Waals surface area contributed by atoms with Gasteiger partial charge >= 0.3 is 6.03 Å². The predicted octanol–water partition coefficient (Wildman–Crippen LogP) is 3.49. The van der Waals surface area contributed by atoms with E-state index in [-0.39, 0.29) is 6.03 Å². The van der Waals surface area contributed by atoms with Crippen molar-refractivity contribution in [2.75, 3.05) is 49.6 Å². The fourth-order valence-corrected chi connectivity index (χ4v) is 4.24. The van der Waals surface area contributed by atoms with Crippen LogP contribution in [0.3, 0.4) is 0 Å². The molecule has 32 heavy (non-hydrogen) atoms. The summed E-state index contributed by atoms with van der Waals surface area (Å²) in [5, 5.41) is 5.92. The van der Waals surface area contributed by atoms with E-state index in [2.05, 4.69) is 56.8 Å². The zero-order chi connectivity index (χ0) is 21.8. The number of pyridine rings is 1. The summed E-state index contributed by atoms with van der Waals surface area (Å²) in [4.78, 5) is 21.7. The summed E-state index contributed by atoms with van der Waals surface area (Å²) >= 11 is 0. The maximum absolute atomic E-state index is 12.0. The van der Waals surface area contributed by atoms with Crippen LogP contribution in [0.25, 0.3) is 5.57 Å². The number of rotatable bonds is 6. The van der Waals surface area contributed by atoms with Crippen LogP contribution >= 0.6 is 0 Å². The maximum Gasteiger partial charge on any atom is 0.319 e. The molecule has 2 amide bonds. The SMILES string of the molecule is O=C(Nc1cccc(CN2CC=C(c3cccc(N4CCOCC4)n3)CC2)c1)NC1CC1. The van der Waals surface area contributed by atoms with Gasteiger partial charge in [0.15, 0.2) is 0 Å². The number of nitrogens with one attached hydrogen (secondary N) is 2. The predicted molar refractivity (Wildman–Crippen MR) is 127 cm³/mol. The molecule has 1 aliphatic carbocycles. The molecule has 2 aromatic rings. The number of morpholine rings is 1. The highest BCUT2D eigenvalue weighted by Crippen LogP contribution is 2.25. The first-order valence-electron chi connectivity index (χ1n) is 11.6. The highest BCUT2D eigenvalue weighted by atomic mass is 16.5. The van der Waals surface area contributed by atoms with Gasteiger partial charge in [-0.25, -0.2) is 9.78 Å². The van der Waals surface area contributed by atoms with E-state index in [1.807, 2.05) is 12.1 Å². The van der Waals surface area contributed by atoms with Gasteiger partial charge in [-0.2, -0.15) is 0 Å². The molecule has 3 heterocycles. The number of carbonyl (C=O) groups is 1. The molecule has 1 aromatic heterocycles. The molecule has 3 aliphatic rings. The third-order valence-electron chi connectivity index (χ3n) is 6.20. The minimum atomic E-state index is -0.109. The monoisotopic (exact) mass is 433 g/mol. The second kappa shape index (κ2) is 9.71. The van der Waals surface area contributed by atoms with Crippen LogP contribution in [0, 0.1) is 0 Å². The van der Waals surface area contributed by atoms with Gasteiger partial charge < -0.3 is 20.3 Å². The lowest BCUT2D eigenvalue weighted by Crippen LogP contribution is -2.36. The average molecular weight is 434 g/mol. The lowest BCUT2D eigenvalue weighted by atomic mass is 10.0. The number of aromatic nitrogens is 1. The first kappa shape index (κ1) is 21.0. The van der Waals surface area contributed by atoms with Crippen molar-refractivity contribution in [3.63, 3.8) is 0 Å². The molecule has 2 fully saturated rings. The fraction of sp³-hybridized carbons (Fsp3) is 0.440. The molecule has 2 aliphatic heterocycles. The Morgan fingerprint density at radius 1 is 1.09 bits per heavy atom. The van der Waals surface area contributed by atoms with Crippen LogP contribution < -0.4 is 15.5 Å². The lowest BCUT2D eigenvalue weighted by molar-refractivity contribution is 0.122. The number of hydrogen-bond acceptors (Lipinski definition) is 5. The smallest absolute Gasteiger partial charge is 0.319 e. The van der Waals surface area contributed by atoms with Crippen LogP contribution in [-0.4, -0.2) is 61.3 Å². The highest BCUT2D eigenvalue weighted by molar-refractivity contribution is 5.89. The van der Waals surface area contributed by atoms with Crippen molar-refractivity contribution in [1.29, 1.82) is 0 Å². The zero-order valence-corrected chi connectivity index (χ0v) is 18.4. The van der Waals surface area contributed by atoms with Crippen LogP contribution in [0.4, 0.5) is 16.3 Å². The Hall–Kier alpha value is -2.90. The molecule has 0 unspecified atom stereocenters. The Morgan fingerprint density at radius 2 is 1.94 bits per heavy atom. The Balaban J connectivity index is 1.18. The number of benzene rings is 1. The quantitative estimate of drug-likeness (QED) is 0.730. The fourth-order valence-electron chi connectivity index (χ4n) is 4.24. The zero-order valence-electron chi connectivity index (χ0n) is 18.4. The molecule has 1 saturated heterocycles. The van der Waals surface area contributed by atoms with E-state index in [9.17, 15) is 4.79 Å². The largest absolute Gasteiger partial charge is 0.378 e. The third-order valence-corrected chi connectivity index (χ3v) is 6.20. The average Bonchev–Trinajstić information content (AvgIpc) is 3.64. The van der Waals surface area contributed by atoms with Crippen LogP contribution in [0.1, 0.15) is 30.5 Å². The van der Waals surface area contributed by atoms with Crippen LogP contribution in [0.15, 0.2) is 48.5 Å². The van der Waals surface area contributed by atoms with Crippen LogP contribution in [-0.2, 0) is 11.3 Å². The van der Waals surface area contributed by atoms with E-state index >= 15 is 0 Å². The van der Waals surface area contributed by atoms with Crippen LogP contribution in [0.2, 0.25) is 0 Å². The summed E-state index contributed by atoms with van der Waals surface area (Å²) in [5.74, 6) is 1.05. The topological polar surface area (TPSA) is 69.7 Å². The Kier molecular flexibility index (Phi) is 6.36. The van der Waals surface area contributed by atoms with Crippen molar-refractivity contribution in [3.05, 3.63) is 59.8 Å². The molecule has 5 rings (SSSR count). The third kappa shape index (κ3) is 5.47. The van der Waals surface area contributed by atoms with Gasteiger partial charge in [0.1, 0.15) is 5.82 Å². The van der Waals surface area contributed by atoms with Crippen molar-refractivity contribution in [1.82, 2.24) is 15.2 Å². The number of nitrogens with zero attached hydrogens (tertiary/aromatic N) is 3. The van der Waals surface area contributed by atoms with Crippen molar-refractivity contribution in [2.45, 2.75) is 31.8 Å². The number of amides is 2. The molecule has 7 heteroatoms. The molecule has 0 atom stereocenters. The number of hydrogen-bond donors (Lipinski definition) is 2. The summed E-state index contributed by atoms with van der Waals surface area (Å²) in [6, 6.07) is 14.7. The Bertz CT molecular complexity index is 982. The van der Waals surface area contributed by atoms with Gasteiger partial charge in [-0.1, -0.05) is 24.3 Å². The van der Waals surface area contributed by atoms with E-state index in [4.69, 9.17) is 9.72 Å². The molecule has 7 nitrogen and oxygen atoms in total. The first-order valence-corrected chi connectivity index (χ1v) is 11.6. The number of urea groups is 1. The molecular weight excluding hydrogens is 402 g/mol. The van der Waals surface area contributed by atoms with Gasteiger partial charge in [0.05, 0.1) is 18.9 Å². The number of anilines is 2. The molecular formula is C25H31N5O2. The minimum absolute atomic E-state index is 0.109. The Morgan fingerprint density at radius 3 is 2.72 bits per heavy atom.